The molecule has 1 atom stereocenters. The maximum absolute atomic E-state index is 11.9. The van der Waals surface area contributed by atoms with Crippen molar-refractivity contribution in [1.82, 2.24) is 0 Å². The molecular weight excluding hydrogens is 322 g/mol. The first-order chi connectivity index (χ1) is 9.55. The zero-order valence-electron chi connectivity index (χ0n) is 11.2. The van der Waals surface area contributed by atoms with Gasteiger partial charge in [-0.15, -0.1) is 0 Å². The summed E-state index contributed by atoms with van der Waals surface area (Å²) in [6.07, 6.45) is 0. The molecule has 0 bridgehead atoms. The predicted octanol–water partition coefficient (Wildman–Crippen LogP) is -0.395. The number of nitrogens with one attached hydrogen (secondary N) is 2. The molecule has 0 spiro atoms. The largest absolute Gasteiger partial charge is 0.468 e. The van der Waals surface area contributed by atoms with E-state index in [1.54, 1.807) is 0 Å². The van der Waals surface area contributed by atoms with Crippen LogP contribution in [-0.2, 0) is 29.8 Å². The van der Waals surface area contributed by atoms with E-state index in [0.717, 1.165) is 7.11 Å². The van der Waals surface area contributed by atoms with E-state index >= 15 is 0 Å². The molecule has 0 fully saturated rings. The molecule has 1 aromatic rings. The lowest BCUT2D eigenvalue weighted by molar-refractivity contribution is -0.139. The Kier molecular flexibility index (Phi) is 5.15. The van der Waals surface area contributed by atoms with Crippen LogP contribution in [0.5, 0.6) is 0 Å². The number of hydrogen-bond acceptors (Lipinski definition) is 6. The van der Waals surface area contributed by atoms with E-state index in [1.165, 1.54) is 31.2 Å². The van der Waals surface area contributed by atoms with Gasteiger partial charge in [0.25, 0.3) is 10.2 Å². The van der Waals surface area contributed by atoms with Crippen molar-refractivity contribution < 1.29 is 26.4 Å². The molecule has 4 N–H and O–H groups in total. The van der Waals surface area contributed by atoms with Gasteiger partial charge in [0.05, 0.1) is 18.5 Å². The van der Waals surface area contributed by atoms with Gasteiger partial charge < -0.3 is 4.74 Å². The van der Waals surface area contributed by atoms with Crippen LogP contribution in [0.25, 0.3) is 0 Å². The average Bonchev–Trinajstić information content (AvgIpc) is 2.34. The number of sulfonamides is 1. The SMILES string of the molecule is COC(=O)C(C)S(=O)(=O)Nc1cccc(NS(N)(=O)=O)c1. The molecule has 118 valence electrons. The number of benzene rings is 1. The Balaban J connectivity index is 2.98. The third-order valence-electron chi connectivity index (χ3n) is 2.38. The second-order valence-electron chi connectivity index (χ2n) is 4.04. The molecule has 1 unspecified atom stereocenters. The van der Waals surface area contributed by atoms with Crippen LogP contribution in [0.2, 0.25) is 0 Å². The Hall–Kier alpha value is -1.85. The molecule has 21 heavy (non-hydrogen) atoms. The Morgan fingerprint density at radius 1 is 1.19 bits per heavy atom. The van der Waals surface area contributed by atoms with Gasteiger partial charge in [0.15, 0.2) is 5.25 Å². The third kappa shape index (κ3) is 5.21. The number of anilines is 2. The minimum atomic E-state index is -4.02. The Labute approximate surface area is 122 Å². The summed E-state index contributed by atoms with van der Waals surface area (Å²) in [5.41, 5.74) is 0.142. The van der Waals surface area contributed by atoms with Gasteiger partial charge in [-0.1, -0.05) is 6.07 Å². The average molecular weight is 337 g/mol. The molecule has 0 aliphatic carbocycles. The van der Waals surface area contributed by atoms with Gasteiger partial charge >= 0.3 is 5.97 Å². The summed E-state index contributed by atoms with van der Waals surface area (Å²) in [4.78, 5) is 11.3. The molecule has 0 saturated carbocycles. The van der Waals surface area contributed by atoms with Crippen molar-refractivity contribution >= 4 is 37.6 Å². The highest BCUT2D eigenvalue weighted by atomic mass is 32.2. The summed E-state index contributed by atoms with van der Waals surface area (Å²) in [5.74, 6) is -0.915. The number of carbonyl (C=O) groups is 1. The lowest BCUT2D eigenvalue weighted by Crippen LogP contribution is -2.33. The molecule has 11 heteroatoms. The van der Waals surface area contributed by atoms with Crippen LogP contribution < -0.4 is 14.6 Å². The highest BCUT2D eigenvalue weighted by Crippen LogP contribution is 2.18. The maximum atomic E-state index is 11.9. The smallest absolute Gasteiger partial charge is 0.325 e. The van der Waals surface area contributed by atoms with E-state index in [1.807, 2.05) is 4.72 Å². The number of carbonyl (C=O) groups excluding carboxylic acids is 1. The molecule has 9 nitrogen and oxygen atoms in total. The normalized spacial score (nSPS) is 13.3. The van der Waals surface area contributed by atoms with Crippen LogP contribution >= 0.6 is 0 Å². The molecule has 0 saturated heterocycles. The topological polar surface area (TPSA) is 145 Å². The Morgan fingerprint density at radius 2 is 1.71 bits per heavy atom. The molecule has 1 aromatic carbocycles. The van der Waals surface area contributed by atoms with Crippen LogP contribution in [0, 0.1) is 0 Å². The van der Waals surface area contributed by atoms with Crippen LogP contribution in [-0.4, -0.2) is 35.2 Å². The number of methoxy groups -OCH3 is 1. The third-order valence-corrected chi connectivity index (χ3v) is 4.55. The zero-order valence-corrected chi connectivity index (χ0v) is 12.9. The van der Waals surface area contributed by atoms with Crippen molar-refractivity contribution in [1.29, 1.82) is 0 Å². The van der Waals surface area contributed by atoms with E-state index in [2.05, 4.69) is 9.46 Å². The van der Waals surface area contributed by atoms with Crippen molar-refractivity contribution in [3.63, 3.8) is 0 Å². The molecular formula is C10H15N3O6S2. The Morgan fingerprint density at radius 3 is 2.19 bits per heavy atom. The summed E-state index contributed by atoms with van der Waals surface area (Å²) >= 11 is 0. The molecule has 1 rings (SSSR count). The van der Waals surface area contributed by atoms with E-state index in [0.29, 0.717) is 0 Å². The molecule has 0 amide bonds. The first-order valence-corrected chi connectivity index (χ1v) is 8.64. The summed E-state index contributed by atoms with van der Waals surface area (Å²) < 4.78 is 54.2. The standard InChI is InChI=1S/C10H15N3O6S2/c1-7(10(14)19-2)20(15,16)12-8-4-3-5-9(6-8)13-21(11,17)18/h3-7,12-13H,1-2H3,(H2,11,17,18). The number of nitrogens with two attached hydrogens (primary N) is 1. The van der Waals surface area contributed by atoms with Gasteiger partial charge in [0.1, 0.15) is 0 Å². The minimum Gasteiger partial charge on any atom is -0.468 e. The fourth-order valence-electron chi connectivity index (χ4n) is 1.36. The monoisotopic (exact) mass is 337 g/mol. The van der Waals surface area contributed by atoms with Gasteiger partial charge in [-0.25, -0.2) is 13.6 Å². The maximum Gasteiger partial charge on any atom is 0.325 e. The quantitative estimate of drug-likeness (QED) is 0.603. The first-order valence-electron chi connectivity index (χ1n) is 5.55. The molecule has 0 heterocycles. The van der Waals surface area contributed by atoms with E-state index in [-0.39, 0.29) is 11.4 Å². The molecule has 0 aliphatic rings. The van der Waals surface area contributed by atoms with E-state index in [9.17, 15) is 21.6 Å². The van der Waals surface area contributed by atoms with Crippen molar-refractivity contribution in [3.05, 3.63) is 24.3 Å². The van der Waals surface area contributed by atoms with Gasteiger partial charge in [0, 0.05) is 0 Å². The van der Waals surface area contributed by atoms with Gasteiger partial charge in [-0.2, -0.15) is 8.42 Å². The number of esters is 1. The number of ether oxygens (including phenoxy) is 1. The lowest BCUT2D eigenvalue weighted by Gasteiger charge is -2.13. The Bertz CT molecular complexity index is 729. The van der Waals surface area contributed by atoms with Crippen molar-refractivity contribution in [2.24, 2.45) is 5.14 Å². The first kappa shape index (κ1) is 17.2. The fraction of sp³-hybridized carbons (Fsp3) is 0.300. The zero-order chi connectivity index (χ0) is 16.3. The molecule has 0 radical (unpaired) electrons. The second-order valence-corrected chi connectivity index (χ2v) is 7.34. The predicted molar refractivity (Wildman–Crippen MR) is 77.2 cm³/mol. The van der Waals surface area contributed by atoms with Gasteiger partial charge in [-0.05, 0) is 25.1 Å². The van der Waals surface area contributed by atoms with Crippen LogP contribution in [0.3, 0.4) is 0 Å². The minimum absolute atomic E-state index is 0.0689. The molecule has 0 aromatic heterocycles. The second kappa shape index (κ2) is 6.28. The number of rotatable bonds is 6. The van der Waals surface area contributed by atoms with E-state index in [4.69, 9.17) is 5.14 Å². The van der Waals surface area contributed by atoms with Crippen LogP contribution in [0.15, 0.2) is 24.3 Å². The highest BCUT2D eigenvalue weighted by Gasteiger charge is 2.28. The highest BCUT2D eigenvalue weighted by molar-refractivity contribution is 7.94. The van der Waals surface area contributed by atoms with Crippen molar-refractivity contribution in [3.8, 4) is 0 Å². The van der Waals surface area contributed by atoms with Gasteiger partial charge in [0.2, 0.25) is 10.0 Å². The summed E-state index contributed by atoms with van der Waals surface area (Å²) in [7, 11) is -6.92. The van der Waals surface area contributed by atoms with Crippen molar-refractivity contribution in [2.45, 2.75) is 12.2 Å². The molecule has 0 aliphatic heterocycles. The summed E-state index contributed by atoms with van der Waals surface area (Å²) in [6, 6.07) is 5.39. The van der Waals surface area contributed by atoms with Crippen LogP contribution in [0.1, 0.15) is 6.92 Å². The van der Waals surface area contributed by atoms with E-state index < -0.39 is 31.5 Å². The summed E-state index contributed by atoms with van der Waals surface area (Å²) in [6.45, 7) is 1.17. The summed E-state index contributed by atoms with van der Waals surface area (Å²) in [5, 5.41) is 3.39. The van der Waals surface area contributed by atoms with Gasteiger partial charge in [-0.3, -0.25) is 14.2 Å². The lowest BCUT2D eigenvalue weighted by atomic mass is 10.3. The number of hydrogen-bond donors (Lipinski definition) is 3. The fourth-order valence-corrected chi connectivity index (χ4v) is 2.79. The van der Waals surface area contributed by atoms with Crippen LogP contribution in [0.4, 0.5) is 11.4 Å². The van der Waals surface area contributed by atoms with Crippen molar-refractivity contribution in [2.75, 3.05) is 16.6 Å².